The summed E-state index contributed by atoms with van der Waals surface area (Å²) in [6.45, 7) is 4.00. The van der Waals surface area contributed by atoms with Crippen LogP contribution < -0.4 is 10.1 Å². The fraction of sp³-hybridized carbons (Fsp3) is 0.571. The second kappa shape index (κ2) is 8.09. The second-order valence-corrected chi connectivity index (χ2v) is 4.12. The molecule has 3 heteroatoms. The van der Waals surface area contributed by atoms with Gasteiger partial charge in [0.2, 0.25) is 0 Å². The second-order valence-electron chi connectivity index (χ2n) is 4.12. The Labute approximate surface area is 104 Å². The van der Waals surface area contributed by atoms with Crippen molar-refractivity contribution in [2.45, 2.75) is 25.8 Å². The molecule has 1 aromatic rings. The maximum absolute atomic E-state index is 5.35. The average Bonchev–Trinajstić information content (AvgIpc) is 2.38. The predicted octanol–water partition coefficient (Wildman–Crippen LogP) is 2.77. The van der Waals surface area contributed by atoms with E-state index in [9.17, 15) is 0 Å². The zero-order chi connectivity index (χ0) is 12.5. The third kappa shape index (κ3) is 4.75. The number of nitrogens with one attached hydrogen (secondary N) is 1. The minimum absolute atomic E-state index is 0.314. The van der Waals surface area contributed by atoms with Crippen LogP contribution in [0.4, 0.5) is 0 Å². The molecule has 96 valence electrons. The van der Waals surface area contributed by atoms with Crippen LogP contribution in [0.3, 0.4) is 0 Å². The lowest BCUT2D eigenvalue weighted by Gasteiger charge is -2.17. The molecule has 1 N–H and O–H groups in total. The molecule has 0 amide bonds. The van der Waals surface area contributed by atoms with Gasteiger partial charge in [-0.05, 0) is 32.4 Å². The first-order valence-electron chi connectivity index (χ1n) is 6.14. The minimum Gasteiger partial charge on any atom is -0.496 e. The van der Waals surface area contributed by atoms with Crippen LogP contribution in [0.25, 0.3) is 0 Å². The summed E-state index contributed by atoms with van der Waals surface area (Å²) in [4.78, 5) is 0. The Morgan fingerprint density at radius 2 is 1.94 bits per heavy atom. The lowest BCUT2D eigenvalue weighted by atomic mass is 10.1. The van der Waals surface area contributed by atoms with Gasteiger partial charge < -0.3 is 14.8 Å². The molecule has 0 aliphatic rings. The largest absolute Gasteiger partial charge is 0.496 e. The standard InChI is InChI=1S/C14H23NO2/c1-12(15-10-6-7-11-16-2)13-8-4-5-9-14(13)17-3/h4-5,8-9,12,15H,6-7,10-11H2,1-3H3/t12-/m0/s1. The maximum atomic E-state index is 5.35. The van der Waals surface area contributed by atoms with Crippen molar-refractivity contribution in [1.82, 2.24) is 5.32 Å². The predicted molar refractivity (Wildman–Crippen MR) is 70.5 cm³/mol. The van der Waals surface area contributed by atoms with Gasteiger partial charge in [-0.2, -0.15) is 0 Å². The molecule has 0 saturated carbocycles. The number of rotatable bonds is 8. The molecular weight excluding hydrogens is 214 g/mol. The normalized spacial score (nSPS) is 12.4. The summed E-state index contributed by atoms with van der Waals surface area (Å²) in [5.41, 5.74) is 1.21. The summed E-state index contributed by atoms with van der Waals surface area (Å²) in [5.74, 6) is 0.949. The number of ether oxygens (including phenoxy) is 2. The van der Waals surface area contributed by atoms with E-state index in [0.717, 1.165) is 31.7 Å². The van der Waals surface area contributed by atoms with Crippen molar-refractivity contribution in [3.05, 3.63) is 29.8 Å². The highest BCUT2D eigenvalue weighted by Gasteiger charge is 2.09. The Bertz CT molecular complexity index is 315. The minimum atomic E-state index is 0.314. The Morgan fingerprint density at radius 3 is 2.65 bits per heavy atom. The molecule has 0 saturated heterocycles. The lowest BCUT2D eigenvalue weighted by molar-refractivity contribution is 0.192. The van der Waals surface area contributed by atoms with Gasteiger partial charge in [0.25, 0.3) is 0 Å². The molecular formula is C14H23NO2. The molecule has 0 aromatic heterocycles. The smallest absolute Gasteiger partial charge is 0.123 e. The van der Waals surface area contributed by atoms with Crippen molar-refractivity contribution in [3.8, 4) is 5.75 Å². The van der Waals surface area contributed by atoms with Gasteiger partial charge in [0.15, 0.2) is 0 Å². The van der Waals surface area contributed by atoms with E-state index in [4.69, 9.17) is 9.47 Å². The van der Waals surface area contributed by atoms with Gasteiger partial charge in [-0.15, -0.1) is 0 Å². The van der Waals surface area contributed by atoms with Crippen molar-refractivity contribution in [2.75, 3.05) is 27.4 Å². The van der Waals surface area contributed by atoms with Crippen LogP contribution in [0.1, 0.15) is 31.4 Å². The van der Waals surface area contributed by atoms with E-state index >= 15 is 0 Å². The highest BCUT2D eigenvalue weighted by molar-refractivity contribution is 5.35. The quantitative estimate of drug-likeness (QED) is 0.705. The third-order valence-electron chi connectivity index (χ3n) is 2.83. The van der Waals surface area contributed by atoms with Crippen LogP contribution in [0.15, 0.2) is 24.3 Å². The van der Waals surface area contributed by atoms with Crippen LogP contribution in [0, 0.1) is 0 Å². The fourth-order valence-electron chi connectivity index (χ4n) is 1.82. The number of unbranched alkanes of at least 4 members (excludes halogenated alkanes) is 1. The molecule has 1 aromatic carbocycles. The van der Waals surface area contributed by atoms with Crippen molar-refractivity contribution in [3.63, 3.8) is 0 Å². The average molecular weight is 237 g/mol. The van der Waals surface area contributed by atoms with E-state index in [-0.39, 0.29) is 0 Å². The fourth-order valence-corrected chi connectivity index (χ4v) is 1.82. The first-order valence-corrected chi connectivity index (χ1v) is 6.14. The van der Waals surface area contributed by atoms with Crippen LogP contribution in [-0.2, 0) is 4.74 Å². The van der Waals surface area contributed by atoms with E-state index in [2.05, 4.69) is 18.3 Å². The molecule has 0 unspecified atom stereocenters. The molecule has 1 atom stereocenters. The molecule has 0 fully saturated rings. The van der Waals surface area contributed by atoms with Gasteiger partial charge >= 0.3 is 0 Å². The Morgan fingerprint density at radius 1 is 1.18 bits per heavy atom. The summed E-state index contributed by atoms with van der Waals surface area (Å²) < 4.78 is 10.4. The zero-order valence-electron chi connectivity index (χ0n) is 11.0. The van der Waals surface area contributed by atoms with E-state index in [1.807, 2.05) is 18.2 Å². The van der Waals surface area contributed by atoms with Gasteiger partial charge in [-0.3, -0.25) is 0 Å². The van der Waals surface area contributed by atoms with Crippen molar-refractivity contribution in [2.24, 2.45) is 0 Å². The monoisotopic (exact) mass is 237 g/mol. The van der Waals surface area contributed by atoms with Gasteiger partial charge in [-0.1, -0.05) is 18.2 Å². The third-order valence-corrected chi connectivity index (χ3v) is 2.83. The van der Waals surface area contributed by atoms with E-state index in [1.165, 1.54) is 5.56 Å². The van der Waals surface area contributed by atoms with Crippen LogP contribution in [0.5, 0.6) is 5.75 Å². The first-order chi connectivity index (χ1) is 8.29. The maximum Gasteiger partial charge on any atom is 0.123 e. The summed E-state index contributed by atoms with van der Waals surface area (Å²) in [6.07, 6.45) is 2.23. The molecule has 0 spiro atoms. The highest BCUT2D eigenvalue weighted by atomic mass is 16.5. The number of hydrogen-bond donors (Lipinski definition) is 1. The van der Waals surface area contributed by atoms with Crippen molar-refractivity contribution >= 4 is 0 Å². The number of hydrogen-bond acceptors (Lipinski definition) is 3. The number of benzene rings is 1. The zero-order valence-corrected chi connectivity index (χ0v) is 11.0. The highest BCUT2D eigenvalue weighted by Crippen LogP contribution is 2.24. The number of methoxy groups -OCH3 is 2. The SMILES string of the molecule is COCCCCN[C@@H](C)c1ccccc1OC. The topological polar surface area (TPSA) is 30.5 Å². The number of para-hydroxylation sites is 1. The van der Waals surface area contributed by atoms with Crippen LogP contribution in [0.2, 0.25) is 0 Å². The Balaban J connectivity index is 2.38. The molecule has 17 heavy (non-hydrogen) atoms. The molecule has 0 bridgehead atoms. The molecule has 0 aliphatic heterocycles. The Kier molecular flexibility index (Phi) is 6.67. The van der Waals surface area contributed by atoms with Gasteiger partial charge in [0.05, 0.1) is 7.11 Å². The molecule has 3 nitrogen and oxygen atoms in total. The molecule has 0 radical (unpaired) electrons. The van der Waals surface area contributed by atoms with Crippen molar-refractivity contribution in [1.29, 1.82) is 0 Å². The summed E-state index contributed by atoms with van der Waals surface area (Å²) in [6, 6.07) is 8.45. The molecule has 0 aliphatic carbocycles. The van der Waals surface area contributed by atoms with Gasteiger partial charge in [-0.25, -0.2) is 0 Å². The van der Waals surface area contributed by atoms with Crippen LogP contribution in [-0.4, -0.2) is 27.4 Å². The van der Waals surface area contributed by atoms with Crippen LogP contribution >= 0.6 is 0 Å². The summed E-state index contributed by atoms with van der Waals surface area (Å²) in [7, 11) is 3.45. The van der Waals surface area contributed by atoms with Crippen molar-refractivity contribution < 1.29 is 9.47 Å². The Hall–Kier alpha value is -1.06. The van der Waals surface area contributed by atoms with Gasteiger partial charge in [0, 0.05) is 25.3 Å². The van der Waals surface area contributed by atoms with E-state index in [0.29, 0.717) is 6.04 Å². The first kappa shape index (κ1) is 14.0. The summed E-state index contributed by atoms with van der Waals surface area (Å²) >= 11 is 0. The van der Waals surface area contributed by atoms with E-state index in [1.54, 1.807) is 14.2 Å². The molecule has 0 heterocycles. The summed E-state index contributed by atoms with van der Waals surface area (Å²) in [5, 5.41) is 3.50. The molecule has 1 rings (SSSR count). The lowest BCUT2D eigenvalue weighted by Crippen LogP contribution is -2.20. The van der Waals surface area contributed by atoms with Gasteiger partial charge in [0.1, 0.15) is 5.75 Å². The van der Waals surface area contributed by atoms with E-state index < -0.39 is 0 Å².